The predicted octanol–water partition coefficient (Wildman–Crippen LogP) is 1.93. The van der Waals surface area contributed by atoms with Crippen molar-refractivity contribution < 1.29 is 4.74 Å². The van der Waals surface area contributed by atoms with E-state index < -0.39 is 0 Å². The highest BCUT2D eigenvalue weighted by Crippen LogP contribution is 2.11. The Bertz CT molecular complexity index is 401. The molecule has 1 aliphatic rings. The Kier molecular flexibility index (Phi) is 15.0. The molecule has 1 atom stereocenters. The standard InChI is InChI=1S/C19H37N5O.HI/c1-5-9-24(10-6-2)18(17(3)4)16-22-19(20)21-8-7-11-23-12-14-25-15-13-23;/h5-6,17-18H,1-2,7-16H2,3-4H3,(H3,20,21,22);1H. The van der Waals surface area contributed by atoms with Gasteiger partial charge < -0.3 is 15.8 Å². The summed E-state index contributed by atoms with van der Waals surface area (Å²) in [5.74, 6) is 1.02. The summed E-state index contributed by atoms with van der Waals surface area (Å²) in [5.41, 5.74) is 6.04. The third-order valence-corrected chi connectivity index (χ3v) is 4.48. The van der Waals surface area contributed by atoms with Crippen molar-refractivity contribution in [3.8, 4) is 0 Å². The minimum Gasteiger partial charge on any atom is -0.379 e. The van der Waals surface area contributed by atoms with Crippen LogP contribution in [0.3, 0.4) is 0 Å². The van der Waals surface area contributed by atoms with E-state index in [-0.39, 0.29) is 24.0 Å². The number of rotatable bonds is 12. The number of nitrogens with zero attached hydrogens (tertiary/aromatic N) is 3. The number of nitrogens with one attached hydrogen (secondary N) is 1. The molecule has 0 saturated carbocycles. The zero-order valence-electron chi connectivity index (χ0n) is 16.5. The van der Waals surface area contributed by atoms with Gasteiger partial charge in [-0.05, 0) is 18.9 Å². The minimum atomic E-state index is 0. The summed E-state index contributed by atoms with van der Waals surface area (Å²) in [5, 5.41) is 3.23. The summed E-state index contributed by atoms with van der Waals surface area (Å²) in [6.45, 7) is 20.1. The van der Waals surface area contributed by atoms with Gasteiger partial charge in [-0.15, -0.1) is 37.1 Å². The van der Waals surface area contributed by atoms with Gasteiger partial charge in [0, 0.05) is 38.8 Å². The fraction of sp³-hybridized carbons (Fsp3) is 0.737. The van der Waals surface area contributed by atoms with Crippen molar-refractivity contribution in [2.45, 2.75) is 26.3 Å². The molecule has 1 aliphatic heterocycles. The molecule has 3 N–H and O–H groups in total. The van der Waals surface area contributed by atoms with E-state index >= 15 is 0 Å². The molecule has 26 heavy (non-hydrogen) atoms. The number of halogens is 1. The smallest absolute Gasteiger partial charge is 0.188 e. The number of aliphatic imine (C=N–C) groups is 1. The molecule has 1 fully saturated rings. The molecule has 0 aliphatic carbocycles. The first kappa shape index (κ1) is 25.4. The summed E-state index contributed by atoms with van der Waals surface area (Å²) in [7, 11) is 0. The maximum atomic E-state index is 6.04. The molecule has 1 unspecified atom stereocenters. The van der Waals surface area contributed by atoms with E-state index in [2.05, 4.69) is 47.1 Å². The quantitative estimate of drug-likeness (QED) is 0.147. The second-order valence-electron chi connectivity index (χ2n) is 6.80. The largest absolute Gasteiger partial charge is 0.379 e. The second-order valence-corrected chi connectivity index (χ2v) is 6.80. The van der Waals surface area contributed by atoms with E-state index in [1.54, 1.807) is 0 Å². The van der Waals surface area contributed by atoms with Crippen molar-refractivity contribution in [2.75, 3.05) is 59.0 Å². The molecule has 0 amide bonds. The van der Waals surface area contributed by atoms with Crippen LogP contribution in [0, 0.1) is 5.92 Å². The number of nitrogens with two attached hydrogens (primary N) is 1. The Morgan fingerprint density at radius 3 is 2.42 bits per heavy atom. The summed E-state index contributed by atoms with van der Waals surface area (Å²) < 4.78 is 5.36. The summed E-state index contributed by atoms with van der Waals surface area (Å²) in [4.78, 5) is 9.31. The second kappa shape index (κ2) is 15.4. The summed E-state index contributed by atoms with van der Waals surface area (Å²) in [6.07, 6.45) is 4.91. The van der Waals surface area contributed by atoms with Crippen LogP contribution in [-0.2, 0) is 4.74 Å². The fourth-order valence-corrected chi connectivity index (χ4v) is 3.02. The van der Waals surface area contributed by atoms with Gasteiger partial charge in [0.1, 0.15) is 0 Å². The highest BCUT2D eigenvalue weighted by molar-refractivity contribution is 14.0. The Morgan fingerprint density at radius 1 is 1.27 bits per heavy atom. The van der Waals surface area contributed by atoms with Gasteiger partial charge in [-0.3, -0.25) is 14.8 Å². The molecule has 1 rings (SSSR count). The van der Waals surface area contributed by atoms with Crippen molar-refractivity contribution in [1.82, 2.24) is 15.1 Å². The molecule has 0 radical (unpaired) electrons. The monoisotopic (exact) mass is 479 g/mol. The maximum Gasteiger partial charge on any atom is 0.188 e. The first-order chi connectivity index (χ1) is 12.1. The number of hydrogen-bond acceptors (Lipinski definition) is 4. The van der Waals surface area contributed by atoms with Crippen molar-refractivity contribution in [2.24, 2.45) is 16.6 Å². The van der Waals surface area contributed by atoms with Crippen molar-refractivity contribution >= 4 is 29.9 Å². The third kappa shape index (κ3) is 10.5. The number of hydrogen-bond donors (Lipinski definition) is 2. The van der Waals surface area contributed by atoms with Crippen LogP contribution >= 0.6 is 24.0 Å². The van der Waals surface area contributed by atoms with Crippen molar-refractivity contribution in [3.05, 3.63) is 25.3 Å². The average molecular weight is 479 g/mol. The minimum absolute atomic E-state index is 0. The molecule has 0 bridgehead atoms. The van der Waals surface area contributed by atoms with E-state index in [4.69, 9.17) is 10.5 Å². The van der Waals surface area contributed by atoms with Gasteiger partial charge in [-0.25, -0.2) is 0 Å². The normalized spacial score (nSPS) is 17.0. The highest BCUT2D eigenvalue weighted by Gasteiger charge is 2.19. The van der Waals surface area contributed by atoms with Gasteiger partial charge in [0.15, 0.2) is 5.96 Å². The lowest BCUT2D eigenvalue weighted by Crippen LogP contribution is -2.43. The Labute approximate surface area is 176 Å². The van der Waals surface area contributed by atoms with Crippen LogP contribution in [0.25, 0.3) is 0 Å². The predicted molar refractivity (Wildman–Crippen MR) is 122 cm³/mol. The molecular formula is C19H38IN5O. The Morgan fingerprint density at radius 2 is 1.88 bits per heavy atom. The van der Waals surface area contributed by atoms with E-state index in [1.165, 1.54) is 0 Å². The van der Waals surface area contributed by atoms with Crippen LogP contribution in [0.1, 0.15) is 20.3 Å². The maximum absolute atomic E-state index is 6.04. The molecule has 7 heteroatoms. The van der Waals surface area contributed by atoms with Gasteiger partial charge >= 0.3 is 0 Å². The number of ether oxygens (including phenoxy) is 1. The molecule has 0 aromatic heterocycles. The molecule has 0 spiro atoms. The van der Waals surface area contributed by atoms with Crippen molar-refractivity contribution in [3.63, 3.8) is 0 Å². The van der Waals surface area contributed by atoms with E-state index in [1.807, 2.05) is 12.2 Å². The van der Waals surface area contributed by atoms with Crippen LogP contribution < -0.4 is 11.1 Å². The van der Waals surface area contributed by atoms with E-state index in [0.29, 0.717) is 24.5 Å². The van der Waals surface area contributed by atoms with Crippen LogP contribution in [-0.4, -0.2) is 80.8 Å². The zero-order valence-corrected chi connectivity index (χ0v) is 18.9. The van der Waals surface area contributed by atoms with Crippen molar-refractivity contribution in [1.29, 1.82) is 0 Å². The van der Waals surface area contributed by atoms with Gasteiger partial charge in [-0.1, -0.05) is 26.0 Å². The lowest BCUT2D eigenvalue weighted by Gasteiger charge is -2.31. The molecule has 152 valence electrons. The van der Waals surface area contributed by atoms with E-state index in [0.717, 1.165) is 58.9 Å². The molecule has 0 aromatic rings. The molecule has 1 heterocycles. The highest BCUT2D eigenvalue weighted by atomic mass is 127. The Balaban J connectivity index is 0.00000625. The lowest BCUT2D eigenvalue weighted by molar-refractivity contribution is 0.0376. The fourth-order valence-electron chi connectivity index (χ4n) is 3.02. The first-order valence-electron chi connectivity index (χ1n) is 9.38. The number of guanidine groups is 1. The van der Waals surface area contributed by atoms with Crippen LogP contribution in [0.5, 0.6) is 0 Å². The third-order valence-electron chi connectivity index (χ3n) is 4.48. The molecule has 1 saturated heterocycles. The molecule has 6 nitrogen and oxygen atoms in total. The molecular weight excluding hydrogens is 441 g/mol. The first-order valence-corrected chi connectivity index (χ1v) is 9.38. The van der Waals surface area contributed by atoms with Gasteiger partial charge in [-0.2, -0.15) is 0 Å². The lowest BCUT2D eigenvalue weighted by atomic mass is 10.0. The summed E-state index contributed by atoms with van der Waals surface area (Å²) in [6, 6.07) is 0.324. The number of morpholine rings is 1. The van der Waals surface area contributed by atoms with Gasteiger partial charge in [0.25, 0.3) is 0 Å². The van der Waals surface area contributed by atoms with Gasteiger partial charge in [0.05, 0.1) is 19.8 Å². The van der Waals surface area contributed by atoms with Gasteiger partial charge in [0.2, 0.25) is 0 Å². The SMILES string of the molecule is C=CCN(CC=C)C(CN=C(N)NCCCN1CCOCC1)C(C)C.I. The zero-order chi connectivity index (χ0) is 18.5. The average Bonchev–Trinajstić information content (AvgIpc) is 2.60. The Hall–Kier alpha value is -0.640. The summed E-state index contributed by atoms with van der Waals surface area (Å²) >= 11 is 0. The molecule has 0 aromatic carbocycles. The topological polar surface area (TPSA) is 66.1 Å². The van der Waals surface area contributed by atoms with Crippen LogP contribution in [0.4, 0.5) is 0 Å². The van der Waals surface area contributed by atoms with E-state index in [9.17, 15) is 0 Å². The van der Waals surface area contributed by atoms with Crippen LogP contribution in [0.2, 0.25) is 0 Å². The van der Waals surface area contributed by atoms with Crippen LogP contribution in [0.15, 0.2) is 30.3 Å².